The zero-order valence-electron chi connectivity index (χ0n) is 11.9. The fraction of sp³-hybridized carbons (Fsp3) is 0.467. The van der Waals surface area contributed by atoms with E-state index in [2.05, 4.69) is 5.32 Å². The zero-order valence-corrected chi connectivity index (χ0v) is 11.9. The van der Waals surface area contributed by atoms with Crippen LogP contribution in [0.25, 0.3) is 0 Å². The van der Waals surface area contributed by atoms with Crippen LogP contribution >= 0.6 is 0 Å². The third-order valence-electron chi connectivity index (χ3n) is 3.27. The van der Waals surface area contributed by atoms with Crippen LogP contribution in [0.15, 0.2) is 18.2 Å². The number of ether oxygens (including phenoxy) is 2. The van der Waals surface area contributed by atoms with Crippen molar-refractivity contribution in [3.63, 3.8) is 0 Å². The molecule has 6 heteroatoms. The highest BCUT2D eigenvalue weighted by Crippen LogP contribution is 2.20. The first-order valence-corrected chi connectivity index (χ1v) is 6.86. The Labute approximate surface area is 122 Å². The number of Topliss-reactive ketones (excluding diaryl/α,β-unsaturated/α-hetero) is 1. The Morgan fingerprint density at radius 1 is 1.38 bits per heavy atom. The minimum absolute atomic E-state index is 0.0929. The van der Waals surface area contributed by atoms with E-state index in [1.807, 2.05) is 0 Å². The van der Waals surface area contributed by atoms with Crippen LogP contribution in [0.3, 0.4) is 0 Å². The average Bonchev–Trinajstić information content (AvgIpc) is 2.47. The van der Waals surface area contributed by atoms with Crippen molar-refractivity contribution in [2.75, 3.05) is 19.8 Å². The molecule has 0 aromatic heterocycles. The van der Waals surface area contributed by atoms with Crippen molar-refractivity contribution in [2.45, 2.75) is 25.8 Å². The Balaban J connectivity index is 1.90. The first-order valence-electron chi connectivity index (χ1n) is 6.86. The predicted octanol–water partition coefficient (Wildman–Crippen LogP) is 1.70. The Bertz CT molecular complexity index is 526. The average molecular weight is 295 g/mol. The highest BCUT2D eigenvalue weighted by molar-refractivity contribution is 5.96. The predicted molar refractivity (Wildman–Crippen MR) is 73.9 cm³/mol. The molecule has 5 nitrogen and oxygen atoms in total. The number of halogens is 1. The van der Waals surface area contributed by atoms with E-state index < -0.39 is 5.82 Å². The topological polar surface area (TPSA) is 64.6 Å². The number of benzene rings is 1. The molecule has 0 aliphatic carbocycles. The van der Waals surface area contributed by atoms with Crippen LogP contribution in [0.1, 0.15) is 30.1 Å². The van der Waals surface area contributed by atoms with Gasteiger partial charge >= 0.3 is 0 Å². The summed E-state index contributed by atoms with van der Waals surface area (Å²) in [6.45, 7) is 2.39. The van der Waals surface area contributed by atoms with Gasteiger partial charge in [0.1, 0.15) is 11.6 Å². The van der Waals surface area contributed by atoms with Gasteiger partial charge in [-0.05, 0) is 38.0 Å². The van der Waals surface area contributed by atoms with Crippen LogP contribution in [-0.2, 0) is 9.53 Å². The van der Waals surface area contributed by atoms with E-state index in [9.17, 15) is 14.0 Å². The van der Waals surface area contributed by atoms with Gasteiger partial charge in [0.15, 0.2) is 12.4 Å². The van der Waals surface area contributed by atoms with Crippen molar-refractivity contribution >= 4 is 11.7 Å². The van der Waals surface area contributed by atoms with Crippen LogP contribution in [-0.4, -0.2) is 37.6 Å². The molecule has 0 bridgehead atoms. The summed E-state index contributed by atoms with van der Waals surface area (Å²) in [6, 6.07) is 3.75. The number of hydrogen-bond acceptors (Lipinski definition) is 4. The van der Waals surface area contributed by atoms with Crippen LogP contribution in [0.4, 0.5) is 4.39 Å². The SMILES string of the molecule is CC(=O)c1cc(F)ccc1OCC(=O)NC1CCOCC1. The van der Waals surface area contributed by atoms with Crippen LogP contribution < -0.4 is 10.1 Å². The molecular weight excluding hydrogens is 277 g/mol. The summed E-state index contributed by atoms with van der Waals surface area (Å²) in [5.74, 6) is -0.875. The minimum Gasteiger partial charge on any atom is -0.483 e. The van der Waals surface area contributed by atoms with E-state index in [1.165, 1.54) is 19.1 Å². The molecule has 1 aromatic rings. The van der Waals surface area contributed by atoms with Gasteiger partial charge in [-0.3, -0.25) is 9.59 Å². The Hall–Kier alpha value is -1.95. The fourth-order valence-corrected chi connectivity index (χ4v) is 2.16. The monoisotopic (exact) mass is 295 g/mol. The van der Waals surface area contributed by atoms with Crippen molar-refractivity contribution in [2.24, 2.45) is 0 Å². The number of hydrogen-bond donors (Lipinski definition) is 1. The molecule has 1 aliphatic heterocycles. The summed E-state index contributed by atoms with van der Waals surface area (Å²) < 4.78 is 23.7. The van der Waals surface area contributed by atoms with E-state index in [4.69, 9.17) is 9.47 Å². The normalized spacial score (nSPS) is 15.5. The first-order chi connectivity index (χ1) is 10.1. The molecule has 2 rings (SSSR count). The van der Waals surface area contributed by atoms with E-state index >= 15 is 0 Å². The number of ketones is 1. The number of nitrogens with one attached hydrogen (secondary N) is 1. The van der Waals surface area contributed by atoms with Crippen LogP contribution in [0.2, 0.25) is 0 Å². The van der Waals surface area contributed by atoms with Crippen molar-refractivity contribution in [1.29, 1.82) is 0 Å². The van der Waals surface area contributed by atoms with Gasteiger partial charge in [-0.1, -0.05) is 0 Å². The molecule has 1 N–H and O–H groups in total. The number of carbonyl (C=O) groups excluding carboxylic acids is 2. The summed E-state index contributed by atoms with van der Waals surface area (Å²) in [4.78, 5) is 23.2. The van der Waals surface area contributed by atoms with E-state index in [0.29, 0.717) is 13.2 Å². The second-order valence-electron chi connectivity index (χ2n) is 4.94. The number of rotatable bonds is 5. The molecule has 1 aromatic carbocycles. The maximum atomic E-state index is 13.1. The second-order valence-corrected chi connectivity index (χ2v) is 4.94. The smallest absolute Gasteiger partial charge is 0.258 e. The summed E-state index contributed by atoms with van der Waals surface area (Å²) >= 11 is 0. The molecule has 0 unspecified atom stereocenters. The Kier molecular flexibility index (Phi) is 5.27. The van der Waals surface area contributed by atoms with Gasteiger partial charge in [-0.15, -0.1) is 0 Å². The molecular formula is C15H18FNO4. The minimum atomic E-state index is -0.515. The summed E-state index contributed by atoms with van der Waals surface area (Å²) in [5, 5.41) is 2.85. The molecule has 21 heavy (non-hydrogen) atoms. The maximum Gasteiger partial charge on any atom is 0.258 e. The number of amides is 1. The summed E-state index contributed by atoms with van der Waals surface area (Å²) in [5.41, 5.74) is 0.133. The molecule has 1 fully saturated rings. The van der Waals surface area contributed by atoms with Crippen molar-refractivity contribution in [1.82, 2.24) is 5.32 Å². The molecule has 0 atom stereocenters. The van der Waals surface area contributed by atoms with E-state index in [1.54, 1.807) is 0 Å². The van der Waals surface area contributed by atoms with Gasteiger partial charge in [0.05, 0.1) is 5.56 Å². The van der Waals surface area contributed by atoms with Gasteiger partial charge in [-0.2, -0.15) is 0 Å². The van der Waals surface area contributed by atoms with Crippen molar-refractivity contribution < 1.29 is 23.5 Å². The first kappa shape index (κ1) is 15.4. The number of carbonyl (C=O) groups is 2. The van der Waals surface area contributed by atoms with Crippen LogP contribution in [0, 0.1) is 5.82 Å². The highest BCUT2D eigenvalue weighted by atomic mass is 19.1. The van der Waals surface area contributed by atoms with Gasteiger partial charge in [-0.25, -0.2) is 4.39 Å². The molecule has 1 aliphatic rings. The molecule has 0 spiro atoms. The Morgan fingerprint density at radius 3 is 2.76 bits per heavy atom. The highest BCUT2D eigenvalue weighted by Gasteiger charge is 2.17. The molecule has 114 valence electrons. The standard InChI is InChI=1S/C15H18FNO4/c1-10(18)13-8-11(16)2-3-14(13)21-9-15(19)17-12-4-6-20-7-5-12/h2-3,8,12H,4-7,9H2,1H3,(H,17,19). The third kappa shape index (κ3) is 4.53. The van der Waals surface area contributed by atoms with Gasteiger partial charge in [0.25, 0.3) is 5.91 Å². The largest absolute Gasteiger partial charge is 0.483 e. The maximum absolute atomic E-state index is 13.1. The lowest BCUT2D eigenvalue weighted by Gasteiger charge is -2.23. The second kappa shape index (κ2) is 7.17. The summed E-state index contributed by atoms with van der Waals surface area (Å²) in [7, 11) is 0. The lowest BCUT2D eigenvalue weighted by molar-refractivity contribution is -0.124. The fourth-order valence-electron chi connectivity index (χ4n) is 2.16. The van der Waals surface area contributed by atoms with E-state index in [0.717, 1.165) is 18.9 Å². The van der Waals surface area contributed by atoms with Gasteiger partial charge < -0.3 is 14.8 Å². The lowest BCUT2D eigenvalue weighted by atomic mass is 10.1. The molecule has 0 radical (unpaired) electrons. The molecule has 1 amide bonds. The van der Waals surface area contributed by atoms with E-state index in [-0.39, 0.29) is 35.7 Å². The Morgan fingerprint density at radius 2 is 2.10 bits per heavy atom. The van der Waals surface area contributed by atoms with Crippen molar-refractivity contribution in [3.05, 3.63) is 29.6 Å². The van der Waals surface area contributed by atoms with Gasteiger partial charge in [0, 0.05) is 19.3 Å². The molecule has 1 saturated heterocycles. The zero-order chi connectivity index (χ0) is 15.2. The lowest BCUT2D eigenvalue weighted by Crippen LogP contribution is -2.41. The molecule has 0 saturated carbocycles. The molecule has 1 heterocycles. The van der Waals surface area contributed by atoms with Crippen molar-refractivity contribution in [3.8, 4) is 5.75 Å². The third-order valence-corrected chi connectivity index (χ3v) is 3.27. The quantitative estimate of drug-likeness (QED) is 0.840. The van der Waals surface area contributed by atoms with Crippen LogP contribution in [0.5, 0.6) is 5.75 Å². The van der Waals surface area contributed by atoms with Gasteiger partial charge in [0.2, 0.25) is 0 Å². The summed E-state index contributed by atoms with van der Waals surface area (Å²) in [6.07, 6.45) is 1.56.